The molecule has 2 heterocycles. The van der Waals surface area contributed by atoms with E-state index in [1.54, 1.807) is 17.9 Å². The van der Waals surface area contributed by atoms with Gasteiger partial charge >= 0.3 is 6.09 Å². The summed E-state index contributed by atoms with van der Waals surface area (Å²) in [6, 6.07) is 9.01. The summed E-state index contributed by atoms with van der Waals surface area (Å²) in [6.45, 7) is 8.91. The van der Waals surface area contributed by atoms with Crippen LogP contribution in [-0.4, -0.2) is 66.8 Å². The predicted molar refractivity (Wildman–Crippen MR) is 141 cm³/mol. The van der Waals surface area contributed by atoms with Crippen LogP contribution in [-0.2, 0) is 21.4 Å². The zero-order valence-electron chi connectivity index (χ0n) is 22.7. The van der Waals surface area contributed by atoms with Gasteiger partial charge in [0.1, 0.15) is 23.7 Å². The molecule has 0 bridgehead atoms. The second-order valence-electron chi connectivity index (χ2n) is 11.1. The van der Waals surface area contributed by atoms with Crippen LogP contribution in [0.4, 0.5) is 4.79 Å². The number of phenolic OH excluding ortho intramolecular Hbond substituents is 1. The Balaban J connectivity index is 1.45. The average molecular weight is 525 g/mol. The molecule has 1 saturated heterocycles. The first-order chi connectivity index (χ1) is 17.9. The van der Waals surface area contributed by atoms with Crippen LogP contribution >= 0.6 is 0 Å². The Morgan fingerprint density at radius 1 is 1.13 bits per heavy atom. The number of Topliss-reactive ketones (excluding diaryl/α,β-unsaturated/α-hetero) is 1. The summed E-state index contributed by atoms with van der Waals surface area (Å²) in [7, 11) is 1.41. The van der Waals surface area contributed by atoms with Gasteiger partial charge in [-0.3, -0.25) is 9.59 Å². The van der Waals surface area contributed by atoms with Gasteiger partial charge in [-0.15, -0.1) is 0 Å². The van der Waals surface area contributed by atoms with Gasteiger partial charge in [-0.1, -0.05) is 6.07 Å². The SMILES string of the molecule is COCC(=O)c1cc(C(=O)N2CCC3(CC2)COc2ccc(CNC(=O)OC(C)(C)C)cc23)cc(C)c1O. The van der Waals surface area contributed by atoms with E-state index in [0.29, 0.717) is 37.4 Å². The molecule has 2 N–H and O–H groups in total. The topological polar surface area (TPSA) is 114 Å². The van der Waals surface area contributed by atoms with Crippen molar-refractivity contribution in [3.05, 3.63) is 58.1 Å². The highest BCUT2D eigenvalue weighted by molar-refractivity contribution is 6.03. The van der Waals surface area contributed by atoms with Gasteiger partial charge in [-0.25, -0.2) is 4.79 Å². The molecular weight excluding hydrogens is 488 g/mol. The number of aromatic hydroxyl groups is 1. The summed E-state index contributed by atoms with van der Waals surface area (Å²) in [5, 5.41) is 13.1. The molecule has 0 atom stereocenters. The van der Waals surface area contributed by atoms with Crippen molar-refractivity contribution in [2.75, 3.05) is 33.4 Å². The quantitative estimate of drug-likeness (QED) is 0.547. The Kier molecular flexibility index (Phi) is 7.69. The number of rotatable bonds is 6. The number of likely N-dealkylation sites (tertiary alicyclic amines) is 1. The largest absolute Gasteiger partial charge is 0.507 e. The number of methoxy groups -OCH3 is 1. The summed E-state index contributed by atoms with van der Waals surface area (Å²) in [5.74, 6) is 0.153. The van der Waals surface area contributed by atoms with Crippen LogP contribution in [0.2, 0.25) is 0 Å². The maximum atomic E-state index is 13.4. The molecule has 1 spiro atoms. The van der Waals surface area contributed by atoms with Crippen LogP contribution in [0.25, 0.3) is 0 Å². The van der Waals surface area contributed by atoms with E-state index < -0.39 is 11.7 Å². The van der Waals surface area contributed by atoms with Crippen LogP contribution in [0.1, 0.15) is 71.0 Å². The van der Waals surface area contributed by atoms with Crippen molar-refractivity contribution >= 4 is 17.8 Å². The van der Waals surface area contributed by atoms with Gasteiger partial charge in [0.25, 0.3) is 5.91 Å². The normalized spacial score (nSPS) is 16.1. The fourth-order valence-corrected chi connectivity index (χ4v) is 5.07. The van der Waals surface area contributed by atoms with Gasteiger partial charge < -0.3 is 29.5 Å². The molecule has 9 nitrogen and oxygen atoms in total. The number of hydrogen-bond acceptors (Lipinski definition) is 7. The molecule has 9 heteroatoms. The summed E-state index contributed by atoms with van der Waals surface area (Å²) in [6.07, 6.45) is 0.981. The van der Waals surface area contributed by atoms with Crippen molar-refractivity contribution in [3.63, 3.8) is 0 Å². The number of hydrogen-bond donors (Lipinski definition) is 2. The maximum Gasteiger partial charge on any atom is 0.407 e. The number of ketones is 1. The molecule has 2 aromatic carbocycles. The van der Waals surface area contributed by atoms with Crippen molar-refractivity contribution in [1.82, 2.24) is 10.2 Å². The lowest BCUT2D eigenvalue weighted by atomic mass is 9.74. The molecule has 0 radical (unpaired) electrons. The molecule has 204 valence electrons. The minimum absolute atomic E-state index is 0.0920. The smallest absolute Gasteiger partial charge is 0.407 e. The highest BCUT2D eigenvalue weighted by Crippen LogP contribution is 2.46. The Bertz CT molecular complexity index is 1240. The number of ether oxygens (including phenoxy) is 3. The number of aryl methyl sites for hydroxylation is 1. The van der Waals surface area contributed by atoms with Crippen LogP contribution in [0.5, 0.6) is 11.5 Å². The molecule has 38 heavy (non-hydrogen) atoms. The van der Waals surface area contributed by atoms with Gasteiger partial charge in [0.15, 0.2) is 5.78 Å². The number of alkyl carbamates (subject to hydrolysis) is 1. The van der Waals surface area contributed by atoms with Gasteiger partial charge in [0.05, 0.1) is 12.2 Å². The van der Waals surface area contributed by atoms with Crippen LogP contribution < -0.4 is 10.1 Å². The first-order valence-corrected chi connectivity index (χ1v) is 12.8. The number of nitrogens with zero attached hydrogens (tertiary/aromatic N) is 1. The second kappa shape index (κ2) is 10.6. The summed E-state index contributed by atoms with van der Waals surface area (Å²) in [5.41, 5.74) is 2.20. The number of fused-ring (bicyclic) bond motifs is 2. The molecule has 0 saturated carbocycles. The molecule has 0 unspecified atom stereocenters. The zero-order valence-corrected chi connectivity index (χ0v) is 22.7. The Morgan fingerprint density at radius 3 is 2.50 bits per heavy atom. The molecule has 2 aromatic rings. The monoisotopic (exact) mass is 524 g/mol. The van der Waals surface area contributed by atoms with E-state index in [-0.39, 0.29) is 35.0 Å². The third-order valence-corrected chi connectivity index (χ3v) is 7.09. The van der Waals surface area contributed by atoms with Gasteiger partial charge in [-0.05, 0) is 75.9 Å². The first kappa shape index (κ1) is 27.4. The maximum absolute atomic E-state index is 13.4. The zero-order chi connectivity index (χ0) is 27.7. The van der Waals surface area contributed by atoms with E-state index in [9.17, 15) is 19.5 Å². The number of carbonyl (C=O) groups is 3. The molecule has 2 amide bonds. The number of carbonyl (C=O) groups excluding carboxylic acids is 3. The molecule has 0 aliphatic carbocycles. The Hall–Kier alpha value is -3.59. The molecule has 2 aliphatic rings. The Morgan fingerprint density at radius 2 is 1.84 bits per heavy atom. The van der Waals surface area contributed by atoms with E-state index in [0.717, 1.165) is 29.7 Å². The third kappa shape index (κ3) is 5.78. The molecular formula is C29H36N2O7. The average Bonchev–Trinajstić information content (AvgIpc) is 3.20. The molecule has 4 rings (SSSR count). The fourth-order valence-electron chi connectivity index (χ4n) is 5.07. The van der Waals surface area contributed by atoms with E-state index >= 15 is 0 Å². The van der Waals surface area contributed by atoms with Crippen molar-refractivity contribution in [1.29, 1.82) is 0 Å². The van der Waals surface area contributed by atoms with Crippen molar-refractivity contribution in [3.8, 4) is 11.5 Å². The highest BCUT2D eigenvalue weighted by Gasteiger charge is 2.44. The number of piperidine rings is 1. The second-order valence-corrected chi connectivity index (χ2v) is 11.1. The van der Waals surface area contributed by atoms with Crippen molar-refractivity contribution in [2.45, 2.75) is 58.1 Å². The fraction of sp³-hybridized carbons (Fsp3) is 0.483. The lowest BCUT2D eigenvalue weighted by Gasteiger charge is -2.38. The van der Waals surface area contributed by atoms with E-state index in [2.05, 4.69) is 11.4 Å². The van der Waals surface area contributed by atoms with Gasteiger partial charge in [-0.2, -0.15) is 0 Å². The van der Waals surface area contributed by atoms with Crippen LogP contribution in [0.15, 0.2) is 30.3 Å². The summed E-state index contributed by atoms with van der Waals surface area (Å²) in [4.78, 5) is 39.6. The van der Waals surface area contributed by atoms with Gasteiger partial charge in [0, 0.05) is 43.3 Å². The lowest BCUT2D eigenvalue weighted by molar-refractivity contribution is 0.0523. The Labute approximate surface area is 223 Å². The highest BCUT2D eigenvalue weighted by atomic mass is 16.6. The molecule has 2 aliphatic heterocycles. The molecule has 0 aromatic heterocycles. The van der Waals surface area contributed by atoms with E-state index in [4.69, 9.17) is 14.2 Å². The summed E-state index contributed by atoms with van der Waals surface area (Å²) < 4.78 is 16.3. The summed E-state index contributed by atoms with van der Waals surface area (Å²) >= 11 is 0. The minimum atomic E-state index is -0.564. The van der Waals surface area contributed by atoms with Crippen molar-refractivity contribution in [2.24, 2.45) is 0 Å². The predicted octanol–water partition coefficient (Wildman–Crippen LogP) is 4.12. The number of nitrogens with one attached hydrogen (secondary N) is 1. The molecule has 1 fully saturated rings. The van der Waals surface area contributed by atoms with E-state index in [1.807, 2.05) is 32.9 Å². The third-order valence-electron chi connectivity index (χ3n) is 7.09. The van der Waals surface area contributed by atoms with Crippen molar-refractivity contribution < 1.29 is 33.7 Å². The minimum Gasteiger partial charge on any atom is -0.507 e. The van der Waals surface area contributed by atoms with Crippen LogP contribution in [0.3, 0.4) is 0 Å². The van der Waals surface area contributed by atoms with Gasteiger partial charge in [0.2, 0.25) is 0 Å². The number of phenols is 1. The number of amides is 2. The number of benzene rings is 2. The lowest BCUT2D eigenvalue weighted by Crippen LogP contribution is -2.46. The first-order valence-electron chi connectivity index (χ1n) is 12.8. The van der Waals surface area contributed by atoms with E-state index in [1.165, 1.54) is 13.2 Å². The van der Waals surface area contributed by atoms with Crippen LogP contribution in [0, 0.1) is 6.92 Å². The standard InChI is InChI=1S/C29H36N2O7/c1-18-12-20(14-21(25(18)33)23(32)16-36-5)26(34)31-10-8-29(9-11-31)17-37-24-7-6-19(13-22(24)29)15-30-27(35)38-28(2,3)4/h6-7,12-14,33H,8-11,15-17H2,1-5H3,(H,30,35).